The molecule has 1 fully saturated rings. The van der Waals surface area contributed by atoms with Crippen LogP contribution in [0, 0.1) is 6.92 Å². The van der Waals surface area contributed by atoms with Crippen molar-refractivity contribution in [2.75, 3.05) is 4.90 Å². The molecule has 4 aromatic rings. The van der Waals surface area contributed by atoms with Crippen LogP contribution in [0.4, 0.5) is 11.4 Å². The molecule has 0 spiro atoms. The average molecular weight is 474 g/mol. The standard InChI is InChI=1S/C24H17BrN4O2/c1-14-6-12-17(13-7-14)29-23(24(30)31-27-29)20-22-21(15-8-10-16(25)11-9-15)28(22)19-5-3-2-4-18(19)26-20/h2-13,21-22H,1H3/p+1. The lowest BCUT2D eigenvalue weighted by molar-refractivity contribution is -0.671. The molecular formula is C24H18BrN4O2+. The SMILES string of the molecule is Cc1ccc(-[n+]2[nH]oc(=O)c2C2=Nc3ccccc3N3C2C3c2ccc(Br)cc2)cc1. The van der Waals surface area contributed by atoms with E-state index < -0.39 is 5.63 Å². The van der Waals surface area contributed by atoms with Crippen LogP contribution in [0.5, 0.6) is 0 Å². The molecule has 0 bridgehead atoms. The van der Waals surface area contributed by atoms with Gasteiger partial charge in [-0.2, -0.15) is 0 Å². The minimum atomic E-state index is -0.430. The summed E-state index contributed by atoms with van der Waals surface area (Å²) in [5, 5.41) is 2.76. The third-order valence-electron chi connectivity index (χ3n) is 5.88. The number of para-hydroxylation sites is 2. The number of nitrogens with one attached hydrogen (secondary N) is 1. The van der Waals surface area contributed by atoms with Crippen molar-refractivity contribution in [1.82, 2.24) is 5.27 Å². The second-order valence-electron chi connectivity index (χ2n) is 7.83. The Bertz CT molecular complexity index is 1390. The van der Waals surface area contributed by atoms with Gasteiger partial charge in [0.2, 0.25) is 5.69 Å². The van der Waals surface area contributed by atoms with Crippen LogP contribution >= 0.6 is 15.9 Å². The molecule has 1 saturated heterocycles. The van der Waals surface area contributed by atoms with Gasteiger partial charge in [-0.3, -0.25) is 4.52 Å². The number of benzene rings is 3. The van der Waals surface area contributed by atoms with Crippen molar-refractivity contribution >= 4 is 33.0 Å². The van der Waals surface area contributed by atoms with Crippen molar-refractivity contribution in [3.05, 3.63) is 105 Å². The Hall–Kier alpha value is -3.45. The van der Waals surface area contributed by atoms with E-state index in [0.29, 0.717) is 11.4 Å². The van der Waals surface area contributed by atoms with E-state index in [9.17, 15) is 4.79 Å². The topological polar surface area (TPSA) is 65.2 Å². The maximum atomic E-state index is 12.8. The second kappa shape index (κ2) is 6.78. The fraction of sp³-hybridized carbons (Fsp3) is 0.125. The first-order chi connectivity index (χ1) is 15.1. The third-order valence-corrected chi connectivity index (χ3v) is 6.41. The minimum Gasteiger partial charge on any atom is -0.349 e. The Kier molecular flexibility index (Phi) is 4.01. The molecule has 1 aromatic heterocycles. The van der Waals surface area contributed by atoms with E-state index in [0.717, 1.165) is 27.1 Å². The maximum absolute atomic E-state index is 12.8. The number of H-pyrrole nitrogens is 1. The highest BCUT2D eigenvalue weighted by Gasteiger charge is 2.58. The molecule has 7 heteroatoms. The van der Waals surface area contributed by atoms with E-state index in [-0.39, 0.29) is 12.1 Å². The van der Waals surface area contributed by atoms with Crippen molar-refractivity contribution in [1.29, 1.82) is 0 Å². The average Bonchev–Trinajstić information content (AvgIpc) is 3.42. The Morgan fingerprint density at radius 1 is 1.00 bits per heavy atom. The number of hydrogen-bond donors (Lipinski definition) is 1. The fourth-order valence-corrected chi connectivity index (χ4v) is 4.61. The zero-order chi connectivity index (χ0) is 21.1. The number of rotatable bonds is 3. The predicted molar refractivity (Wildman–Crippen MR) is 121 cm³/mol. The minimum absolute atomic E-state index is 0.0357. The molecule has 3 aromatic carbocycles. The molecule has 6 rings (SSSR count). The van der Waals surface area contributed by atoms with Gasteiger partial charge in [0.25, 0.3) is 0 Å². The monoisotopic (exact) mass is 473 g/mol. The molecule has 0 amide bonds. The van der Waals surface area contributed by atoms with E-state index in [1.807, 2.05) is 61.5 Å². The van der Waals surface area contributed by atoms with E-state index in [2.05, 4.69) is 44.3 Å². The lowest BCUT2D eigenvalue weighted by Crippen LogP contribution is -2.43. The number of hydrogen-bond acceptors (Lipinski definition) is 4. The van der Waals surface area contributed by atoms with Crippen LogP contribution in [0.2, 0.25) is 0 Å². The molecule has 31 heavy (non-hydrogen) atoms. The highest BCUT2D eigenvalue weighted by Crippen LogP contribution is 2.54. The molecule has 2 atom stereocenters. The van der Waals surface area contributed by atoms with E-state index >= 15 is 0 Å². The first-order valence-corrected chi connectivity index (χ1v) is 10.8. The van der Waals surface area contributed by atoms with Crippen LogP contribution in [0.25, 0.3) is 5.69 Å². The van der Waals surface area contributed by atoms with Crippen molar-refractivity contribution in [3.8, 4) is 5.69 Å². The number of aryl methyl sites for hydroxylation is 1. The second-order valence-corrected chi connectivity index (χ2v) is 8.75. The molecule has 3 heterocycles. The molecule has 0 radical (unpaired) electrons. The maximum Gasteiger partial charge on any atom is 0.437 e. The van der Waals surface area contributed by atoms with E-state index in [4.69, 9.17) is 9.52 Å². The van der Waals surface area contributed by atoms with Gasteiger partial charge in [0.1, 0.15) is 11.8 Å². The van der Waals surface area contributed by atoms with E-state index in [1.165, 1.54) is 5.56 Å². The first kappa shape index (κ1) is 18.3. The van der Waals surface area contributed by atoms with E-state index in [1.54, 1.807) is 4.68 Å². The summed E-state index contributed by atoms with van der Waals surface area (Å²) in [6.45, 7) is 2.03. The van der Waals surface area contributed by atoms with Gasteiger partial charge >= 0.3 is 11.3 Å². The molecular weight excluding hydrogens is 456 g/mol. The van der Waals surface area contributed by atoms with Crippen LogP contribution < -0.4 is 15.2 Å². The van der Waals surface area contributed by atoms with Gasteiger partial charge in [0.15, 0.2) is 0 Å². The highest BCUT2D eigenvalue weighted by atomic mass is 79.9. The molecule has 2 aliphatic heterocycles. The molecule has 0 aliphatic carbocycles. The number of anilines is 1. The van der Waals surface area contributed by atoms with Gasteiger partial charge in [0, 0.05) is 16.6 Å². The Morgan fingerprint density at radius 3 is 2.52 bits per heavy atom. The summed E-state index contributed by atoms with van der Waals surface area (Å²) in [6.07, 6.45) is 0. The number of aromatic amines is 1. The number of fused-ring (bicyclic) bond motifs is 3. The van der Waals surface area contributed by atoms with Gasteiger partial charge in [0.05, 0.1) is 17.4 Å². The molecule has 0 saturated carbocycles. The van der Waals surface area contributed by atoms with Crippen LogP contribution in [-0.4, -0.2) is 17.0 Å². The largest absolute Gasteiger partial charge is 0.437 e. The quantitative estimate of drug-likeness (QED) is 0.354. The Labute approximate surface area is 186 Å². The normalized spacial score (nSPS) is 18.9. The van der Waals surface area contributed by atoms with Gasteiger partial charge < -0.3 is 4.90 Å². The zero-order valence-electron chi connectivity index (χ0n) is 16.6. The molecule has 2 aliphatic rings. The summed E-state index contributed by atoms with van der Waals surface area (Å²) in [6, 6.07) is 24.3. The van der Waals surface area contributed by atoms with Crippen LogP contribution in [0.3, 0.4) is 0 Å². The van der Waals surface area contributed by atoms with Gasteiger partial charge in [-0.05, 0) is 46.7 Å². The lowest BCUT2D eigenvalue weighted by Gasteiger charge is -2.14. The number of aliphatic imine (C=N–C) groups is 1. The summed E-state index contributed by atoms with van der Waals surface area (Å²) in [5.41, 5.74) is 5.77. The smallest absolute Gasteiger partial charge is 0.349 e. The van der Waals surface area contributed by atoms with Crippen molar-refractivity contribution in [3.63, 3.8) is 0 Å². The molecule has 152 valence electrons. The summed E-state index contributed by atoms with van der Waals surface area (Å²) in [7, 11) is 0. The van der Waals surface area contributed by atoms with Crippen LogP contribution in [-0.2, 0) is 0 Å². The fourth-order valence-electron chi connectivity index (χ4n) is 4.35. The summed E-state index contributed by atoms with van der Waals surface area (Å²) >= 11 is 3.51. The third kappa shape index (κ3) is 2.88. The van der Waals surface area contributed by atoms with Gasteiger partial charge in [-0.1, -0.05) is 57.9 Å². The van der Waals surface area contributed by atoms with Crippen molar-refractivity contribution < 1.29 is 9.20 Å². The Morgan fingerprint density at radius 2 is 1.74 bits per heavy atom. The molecule has 2 unspecified atom stereocenters. The summed E-state index contributed by atoms with van der Waals surface area (Å²) in [4.78, 5) is 20.1. The zero-order valence-corrected chi connectivity index (χ0v) is 18.2. The molecule has 6 nitrogen and oxygen atoms in total. The van der Waals surface area contributed by atoms with Crippen LogP contribution in [0.15, 0.2) is 91.6 Å². The van der Waals surface area contributed by atoms with Crippen molar-refractivity contribution in [2.45, 2.75) is 19.0 Å². The van der Waals surface area contributed by atoms with Gasteiger partial charge in [-0.15, -0.1) is 0 Å². The summed E-state index contributed by atoms with van der Waals surface area (Å²) in [5.74, 6) is 0. The lowest BCUT2D eigenvalue weighted by atomic mass is 10.1. The number of aromatic nitrogens is 2. The molecule has 1 N–H and O–H groups in total. The number of halogens is 1. The highest BCUT2D eigenvalue weighted by molar-refractivity contribution is 9.10. The first-order valence-electron chi connectivity index (χ1n) is 10.0. The van der Waals surface area contributed by atoms with Gasteiger partial charge in [-0.25, -0.2) is 9.79 Å². The van der Waals surface area contributed by atoms with Crippen LogP contribution in [0.1, 0.15) is 22.9 Å². The number of nitrogens with zero attached hydrogens (tertiary/aromatic N) is 3. The van der Waals surface area contributed by atoms with Crippen molar-refractivity contribution in [2.24, 2.45) is 4.99 Å². The predicted octanol–water partition coefficient (Wildman–Crippen LogP) is 4.38. The Balaban J connectivity index is 1.52. The summed E-state index contributed by atoms with van der Waals surface area (Å²) < 4.78 is 7.94.